The molecule has 0 aromatic carbocycles. The first-order valence-electron chi connectivity index (χ1n) is 10.7. The number of pyridine rings is 2. The number of hydrogen-bond donors (Lipinski definition) is 0. The maximum absolute atomic E-state index is 5.53. The molecule has 4 aromatic rings. The quantitative estimate of drug-likeness (QED) is 0.500. The van der Waals surface area contributed by atoms with Crippen molar-refractivity contribution in [1.29, 1.82) is 0 Å². The summed E-state index contributed by atoms with van der Waals surface area (Å²) >= 11 is 0. The standard InChI is InChI=1S/C24H26N6O/c1-17-11-18(2)26-20(12-17)15-22-27-21(16-24(28-22)30-7-9-31-10-8-30)13-19-3-5-29-6-4-25-23(29)14-19/h3-6,11-12,14,16H,7-10,13,15H2,1-2H3. The van der Waals surface area contributed by atoms with E-state index in [1.807, 2.05) is 29.9 Å². The first-order valence-corrected chi connectivity index (χ1v) is 10.7. The van der Waals surface area contributed by atoms with E-state index in [1.54, 1.807) is 0 Å². The molecule has 0 saturated carbocycles. The van der Waals surface area contributed by atoms with Gasteiger partial charge in [0.2, 0.25) is 0 Å². The highest BCUT2D eigenvalue weighted by molar-refractivity contribution is 5.45. The second kappa shape index (κ2) is 8.43. The van der Waals surface area contributed by atoms with Crippen LogP contribution in [0.25, 0.3) is 5.65 Å². The lowest BCUT2D eigenvalue weighted by molar-refractivity contribution is 0.122. The number of hydrogen-bond acceptors (Lipinski definition) is 6. The van der Waals surface area contributed by atoms with E-state index in [1.165, 1.54) is 11.1 Å². The number of aryl methyl sites for hydroxylation is 2. The van der Waals surface area contributed by atoms with Crippen LogP contribution in [0.3, 0.4) is 0 Å². The molecular formula is C24H26N6O. The topological polar surface area (TPSA) is 68.4 Å². The van der Waals surface area contributed by atoms with Gasteiger partial charge in [-0.15, -0.1) is 0 Å². The number of rotatable bonds is 5. The molecule has 5 rings (SSSR count). The van der Waals surface area contributed by atoms with Gasteiger partial charge in [-0.1, -0.05) is 0 Å². The van der Waals surface area contributed by atoms with Crippen LogP contribution in [0.2, 0.25) is 0 Å². The number of morpholine rings is 1. The Bertz CT molecular complexity index is 1190. The molecule has 0 unspecified atom stereocenters. The fourth-order valence-electron chi connectivity index (χ4n) is 4.11. The molecule has 1 aliphatic rings. The van der Waals surface area contributed by atoms with Crippen LogP contribution in [0.1, 0.15) is 34.0 Å². The van der Waals surface area contributed by atoms with Gasteiger partial charge in [-0.2, -0.15) is 0 Å². The van der Waals surface area contributed by atoms with Crippen molar-refractivity contribution < 1.29 is 4.74 Å². The summed E-state index contributed by atoms with van der Waals surface area (Å²) < 4.78 is 7.54. The average molecular weight is 415 g/mol. The molecule has 0 amide bonds. The summed E-state index contributed by atoms with van der Waals surface area (Å²) in [5.74, 6) is 1.77. The third-order valence-electron chi connectivity index (χ3n) is 5.48. The lowest BCUT2D eigenvalue weighted by Crippen LogP contribution is -2.37. The second-order valence-electron chi connectivity index (χ2n) is 8.09. The van der Waals surface area contributed by atoms with Gasteiger partial charge in [0.1, 0.15) is 17.3 Å². The van der Waals surface area contributed by atoms with Crippen molar-refractivity contribution in [2.75, 3.05) is 31.2 Å². The van der Waals surface area contributed by atoms with Gasteiger partial charge in [-0.25, -0.2) is 15.0 Å². The van der Waals surface area contributed by atoms with E-state index in [4.69, 9.17) is 14.7 Å². The van der Waals surface area contributed by atoms with Gasteiger partial charge in [-0.3, -0.25) is 4.98 Å². The SMILES string of the molecule is Cc1cc(C)nc(Cc2nc(Cc3ccn4ccnc4c3)cc(N3CCOCC3)n2)c1. The van der Waals surface area contributed by atoms with E-state index in [2.05, 4.69) is 52.1 Å². The first-order chi connectivity index (χ1) is 15.1. The molecule has 0 atom stereocenters. The third kappa shape index (κ3) is 4.56. The van der Waals surface area contributed by atoms with Gasteiger partial charge in [-0.05, 0) is 49.2 Å². The van der Waals surface area contributed by atoms with Crippen LogP contribution in [0, 0.1) is 13.8 Å². The van der Waals surface area contributed by atoms with Gasteiger partial charge in [0.05, 0.1) is 25.3 Å². The van der Waals surface area contributed by atoms with E-state index in [0.717, 1.165) is 67.1 Å². The van der Waals surface area contributed by atoms with Crippen LogP contribution in [-0.4, -0.2) is 50.6 Å². The number of fused-ring (bicyclic) bond motifs is 1. The number of aromatic nitrogens is 5. The van der Waals surface area contributed by atoms with Crippen LogP contribution < -0.4 is 4.90 Å². The Morgan fingerprint density at radius 2 is 1.74 bits per heavy atom. The van der Waals surface area contributed by atoms with E-state index < -0.39 is 0 Å². The summed E-state index contributed by atoms with van der Waals surface area (Å²) in [5.41, 5.74) is 6.36. The maximum Gasteiger partial charge on any atom is 0.136 e. The summed E-state index contributed by atoms with van der Waals surface area (Å²) in [5, 5.41) is 0. The molecule has 0 aliphatic carbocycles. The Kier molecular flexibility index (Phi) is 5.34. The van der Waals surface area contributed by atoms with Crippen molar-refractivity contribution in [1.82, 2.24) is 24.3 Å². The van der Waals surface area contributed by atoms with Crippen molar-refractivity contribution >= 4 is 11.5 Å². The Hall–Kier alpha value is -3.32. The minimum Gasteiger partial charge on any atom is -0.378 e. The monoisotopic (exact) mass is 414 g/mol. The molecule has 1 aliphatic heterocycles. The fourth-order valence-corrected chi connectivity index (χ4v) is 4.11. The van der Waals surface area contributed by atoms with E-state index in [9.17, 15) is 0 Å². The van der Waals surface area contributed by atoms with Gasteiger partial charge in [0.15, 0.2) is 0 Å². The summed E-state index contributed by atoms with van der Waals surface area (Å²) in [7, 11) is 0. The van der Waals surface area contributed by atoms with Crippen molar-refractivity contribution in [3.05, 3.63) is 83.0 Å². The van der Waals surface area contributed by atoms with Crippen LogP contribution in [-0.2, 0) is 17.6 Å². The molecule has 0 bridgehead atoms. The van der Waals surface area contributed by atoms with Gasteiger partial charge in [0.25, 0.3) is 0 Å². The highest BCUT2D eigenvalue weighted by Crippen LogP contribution is 2.19. The number of imidazole rings is 1. The molecule has 31 heavy (non-hydrogen) atoms. The predicted molar refractivity (Wildman–Crippen MR) is 120 cm³/mol. The second-order valence-corrected chi connectivity index (χ2v) is 8.09. The third-order valence-corrected chi connectivity index (χ3v) is 5.48. The number of nitrogens with zero attached hydrogens (tertiary/aromatic N) is 6. The fraction of sp³-hybridized carbons (Fsp3) is 0.333. The molecular weight excluding hydrogens is 388 g/mol. The van der Waals surface area contributed by atoms with Crippen LogP contribution >= 0.6 is 0 Å². The highest BCUT2D eigenvalue weighted by Gasteiger charge is 2.16. The normalized spacial score (nSPS) is 14.3. The zero-order chi connectivity index (χ0) is 21.2. The minimum atomic E-state index is 0.618. The molecule has 1 fully saturated rings. The molecule has 5 heterocycles. The van der Waals surface area contributed by atoms with Crippen molar-refractivity contribution in [3.8, 4) is 0 Å². The summed E-state index contributed by atoms with van der Waals surface area (Å²) in [6.07, 6.45) is 7.16. The van der Waals surface area contributed by atoms with Gasteiger partial charge < -0.3 is 14.0 Å². The molecule has 4 aromatic heterocycles. The average Bonchev–Trinajstić information content (AvgIpc) is 3.21. The largest absolute Gasteiger partial charge is 0.378 e. The Morgan fingerprint density at radius 1 is 0.903 bits per heavy atom. The zero-order valence-corrected chi connectivity index (χ0v) is 18.0. The summed E-state index contributed by atoms with van der Waals surface area (Å²) in [6.45, 7) is 7.27. The minimum absolute atomic E-state index is 0.618. The lowest BCUT2D eigenvalue weighted by Gasteiger charge is -2.28. The predicted octanol–water partition coefficient (Wildman–Crippen LogP) is 3.15. The zero-order valence-electron chi connectivity index (χ0n) is 18.0. The molecule has 7 nitrogen and oxygen atoms in total. The number of anilines is 1. The summed E-state index contributed by atoms with van der Waals surface area (Å²) in [6, 6.07) is 10.5. The van der Waals surface area contributed by atoms with Crippen LogP contribution in [0.5, 0.6) is 0 Å². The molecule has 0 radical (unpaired) electrons. The van der Waals surface area contributed by atoms with E-state index in [0.29, 0.717) is 6.42 Å². The number of ether oxygens (including phenoxy) is 1. The Labute approximate surface area is 181 Å². The van der Waals surface area contributed by atoms with Crippen molar-refractivity contribution in [2.45, 2.75) is 26.7 Å². The van der Waals surface area contributed by atoms with Crippen molar-refractivity contribution in [3.63, 3.8) is 0 Å². The lowest BCUT2D eigenvalue weighted by atomic mass is 10.1. The molecule has 0 spiro atoms. The maximum atomic E-state index is 5.53. The summed E-state index contributed by atoms with van der Waals surface area (Å²) in [4.78, 5) is 21.2. The smallest absolute Gasteiger partial charge is 0.136 e. The van der Waals surface area contributed by atoms with Crippen molar-refractivity contribution in [2.24, 2.45) is 0 Å². The molecule has 7 heteroatoms. The van der Waals surface area contributed by atoms with E-state index >= 15 is 0 Å². The molecule has 158 valence electrons. The van der Waals surface area contributed by atoms with Gasteiger partial charge in [0, 0.05) is 55.6 Å². The van der Waals surface area contributed by atoms with E-state index in [-0.39, 0.29) is 0 Å². The molecule has 0 N–H and O–H groups in total. The van der Waals surface area contributed by atoms with Gasteiger partial charge >= 0.3 is 0 Å². The highest BCUT2D eigenvalue weighted by atomic mass is 16.5. The van der Waals surface area contributed by atoms with Crippen LogP contribution in [0.4, 0.5) is 5.82 Å². The Balaban J connectivity index is 1.48. The van der Waals surface area contributed by atoms with Crippen LogP contribution in [0.15, 0.2) is 48.9 Å². The Morgan fingerprint density at radius 3 is 2.58 bits per heavy atom. The first kappa shape index (κ1) is 19.6. The molecule has 1 saturated heterocycles.